The lowest BCUT2D eigenvalue weighted by Gasteiger charge is -2.22. The monoisotopic (exact) mass is 433 g/mol. The number of rotatable bonds is 7. The van der Waals surface area contributed by atoms with Gasteiger partial charge in [-0.3, -0.25) is 14.5 Å². The van der Waals surface area contributed by atoms with Crippen molar-refractivity contribution in [2.45, 2.75) is 25.4 Å². The Morgan fingerprint density at radius 3 is 2.84 bits per heavy atom. The molecule has 1 aromatic carbocycles. The predicted molar refractivity (Wildman–Crippen MR) is 107 cm³/mol. The zero-order chi connectivity index (χ0) is 22.1. The molecule has 0 radical (unpaired) electrons. The van der Waals surface area contributed by atoms with Gasteiger partial charge in [-0.1, -0.05) is 0 Å². The summed E-state index contributed by atoms with van der Waals surface area (Å²) in [5.74, 6) is -3.60. The van der Waals surface area contributed by atoms with Gasteiger partial charge in [-0.15, -0.1) is 0 Å². The van der Waals surface area contributed by atoms with Gasteiger partial charge in [0.1, 0.15) is 17.3 Å². The van der Waals surface area contributed by atoms with Gasteiger partial charge in [0, 0.05) is 19.2 Å². The number of fused-ring (bicyclic) bond motifs is 1. The fourth-order valence-electron chi connectivity index (χ4n) is 3.87. The summed E-state index contributed by atoms with van der Waals surface area (Å²) in [7, 11) is 1.66. The van der Waals surface area contributed by atoms with Crippen molar-refractivity contribution in [1.29, 1.82) is 0 Å². The van der Waals surface area contributed by atoms with Crippen LogP contribution in [0.1, 0.15) is 39.7 Å². The number of anilines is 1. The molecule has 0 spiro atoms. The number of nitrogens with two attached hydrogens (primary N) is 1. The number of primary amides is 1. The van der Waals surface area contributed by atoms with Crippen LogP contribution in [0.5, 0.6) is 0 Å². The first-order chi connectivity index (χ1) is 14.9. The standard InChI is InChI=1S/C21H21F2N3O5/c1-29-10-12-3-2-6-26(12)9-13-4-5-16(30-13)21(28)25-17-14-7-11(22)8-15(23)18(14)31-19(17)20(24)27/h4-5,7-8,12H,2-3,6,9-10H2,1H3,(H2,24,27)(H,25,28)/t12-/m1/s1. The maximum absolute atomic E-state index is 14.0. The number of carbonyl (C=O) groups excluding carboxylic acids is 2. The van der Waals surface area contributed by atoms with Crippen LogP contribution in [-0.4, -0.2) is 43.0 Å². The Labute approximate surface area is 175 Å². The highest BCUT2D eigenvalue weighted by atomic mass is 19.1. The molecule has 1 fully saturated rings. The summed E-state index contributed by atoms with van der Waals surface area (Å²) in [6.45, 7) is 2.03. The van der Waals surface area contributed by atoms with E-state index in [0.29, 0.717) is 25.0 Å². The van der Waals surface area contributed by atoms with E-state index >= 15 is 0 Å². The van der Waals surface area contributed by atoms with Gasteiger partial charge in [-0.25, -0.2) is 8.78 Å². The molecule has 31 heavy (non-hydrogen) atoms. The van der Waals surface area contributed by atoms with Crippen LogP contribution in [0.3, 0.4) is 0 Å². The van der Waals surface area contributed by atoms with Crippen LogP contribution in [-0.2, 0) is 11.3 Å². The highest BCUT2D eigenvalue weighted by Gasteiger charge is 2.27. The van der Waals surface area contributed by atoms with Gasteiger partial charge >= 0.3 is 0 Å². The van der Waals surface area contributed by atoms with Crippen molar-refractivity contribution in [2.24, 2.45) is 5.73 Å². The molecule has 0 bridgehead atoms. The maximum Gasteiger partial charge on any atom is 0.291 e. The minimum atomic E-state index is -1.04. The van der Waals surface area contributed by atoms with E-state index in [2.05, 4.69) is 10.2 Å². The van der Waals surface area contributed by atoms with Crippen LogP contribution in [0, 0.1) is 11.6 Å². The van der Waals surface area contributed by atoms with Crippen LogP contribution in [0.15, 0.2) is 33.1 Å². The molecule has 0 aliphatic carbocycles. The lowest BCUT2D eigenvalue weighted by molar-refractivity contribution is 0.0975. The van der Waals surface area contributed by atoms with Crippen molar-refractivity contribution in [3.05, 3.63) is 53.2 Å². The minimum Gasteiger partial charge on any atom is -0.455 e. The molecule has 3 heterocycles. The van der Waals surface area contributed by atoms with Crippen LogP contribution in [0.2, 0.25) is 0 Å². The number of furan rings is 2. The Hall–Kier alpha value is -3.24. The summed E-state index contributed by atoms with van der Waals surface area (Å²) in [5.41, 5.74) is 4.67. The quantitative estimate of drug-likeness (QED) is 0.592. The van der Waals surface area contributed by atoms with E-state index in [1.807, 2.05) is 0 Å². The molecule has 2 aromatic heterocycles. The third-order valence-corrected chi connectivity index (χ3v) is 5.27. The van der Waals surface area contributed by atoms with E-state index in [0.717, 1.165) is 25.5 Å². The number of halogens is 2. The van der Waals surface area contributed by atoms with Gasteiger partial charge in [0.15, 0.2) is 17.2 Å². The number of methoxy groups -OCH3 is 1. The van der Waals surface area contributed by atoms with E-state index in [-0.39, 0.29) is 28.5 Å². The Morgan fingerprint density at radius 1 is 1.29 bits per heavy atom. The summed E-state index contributed by atoms with van der Waals surface area (Å²) < 4.78 is 43.7. The molecule has 0 unspecified atom stereocenters. The fraction of sp³-hybridized carbons (Fsp3) is 0.333. The smallest absolute Gasteiger partial charge is 0.291 e. The maximum atomic E-state index is 14.0. The van der Waals surface area contributed by atoms with Crippen molar-refractivity contribution >= 4 is 28.5 Å². The molecule has 10 heteroatoms. The molecule has 3 N–H and O–H groups in total. The van der Waals surface area contributed by atoms with Crippen molar-refractivity contribution in [1.82, 2.24) is 4.90 Å². The van der Waals surface area contributed by atoms with E-state index in [9.17, 15) is 18.4 Å². The summed E-state index contributed by atoms with van der Waals surface area (Å²) in [4.78, 5) is 26.6. The molecule has 2 amide bonds. The average Bonchev–Trinajstić information content (AvgIpc) is 3.43. The normalized spacial score (nSPS) is 16.8. The van der Waals surface area contributed by atoms with Crippen molar-refractivity contribution < 1.29 is 31.9 Å². The number of hydrogen-bond donors (Lipinski definition) is 2. The summed E-state index contributed by atoms with van der Waals surface area (Å²) in [6.07, 6.45) is 2.08. The summed E-state index contributed by atoms with van der Waals surface area (Å²) in [6, 6.07) is 5.00. The first-order valence-corrected chi connectivity index (χ1v) is 9.71. The van der Waals surface area contributed by atoms with Gasteiger partial charge in [0.05, 0.1) is 18.5 Å². The first-order valence-electron chi connectivity index (χ1n) is 9.71. The van der Waals surface area contributed by atoms with E-state index < -0.39 is 29.2 Å². The Morgan fingerprint density at radius 2 is 2.10 bits per heavy atom. The Balaban J connectivity index is 1.56. The molecule has 1 aliphatic rings. The SMILES string of the molecule is COC[C@H]1CCCN1Cc1ccc(C(=O)Nc2c(C(N)=O)oc3c(F)cc(F)cc23)o1. The third kappa shape index (κ3) is 4.17. The first kappa shape index (κ1) is 21.0. The fourth-order valence-corrected chi connectivity index (χ4v) is 3.87. The van der Waals surface area contributed by atoms with E-state index in [4.69, 9.17) is 19.3 Å². The Bertz CT molecular complexity index is 1140. The molecule has 164 valence electrons. The van der Waals surface area contributed by atoms with Gasteiger partial charge in [0.2, 0.25) is 5.76 Å². The Kier molecular flexibility index (Phi) is 5.75. The topological polar surface area (TPSA) is 111 Å². The molecule has 0 saturated carbocycles. The number of nitrogens with one attached hydrogen (secondary N) is 1. The van der Waals surface area contributed by atoms with Crippen molar-refractivity contribution in [3.63, 3.8) is 0 Å². The number of hydrogen-bond acceptors (Lipinski definition) is 6. The number of amides is 2. The molecule has 1 aliphatic heterocycles. The number of ether oxygens (including phenoxy) is 1. The van der Waals surface area contributed by atoms with Crippen LogP contribution in [0.25, 0.3) is 11.0 Å². The zero-order valence-electron chi connectivity index (χ0n) is 16.7. The van der Waals surface area contributed by atoms with E-state index in [1.165, 1.54) is 6.07 Å². The largest absolute Gasteiger partial charge is 0.455 e. The molecule has 4 rings (SSSR count). The lowest BCUT2D eigenvalue weighted by atomic mass is 10.2. The second-order valence-electron chi connectivity index (χ2n) is 7.38. The van der Waals surface area contributed by atoms with Gasteiger partial charge in [-0.05, 0) is 37.6 Å². The average molecular weight is 433 g/mol. The molecular weight excluding hydrogens is 412 g/mol. The molecule has 1 atom stereocenters. The highest BCUT2D eigenvalue weighted by molar-refractivity contribution is 6.13. The van der Waals surface area contributed by atoms with E-state index in [1.54, 1.807) is 13.2 Å². The molecule has 3 aromatic rings. The van der Waals surface area contributed by atoms with Crippen LogP contribution in [0.4, 0.5) is 14.5 Å². The van der Waals surface area contributed by atoms with Crippen molar-refractivity contribution in [3.8, 4) is 0 Å². The zero-order valence-corrected chi connectivity index (χ0v) is 16.7. The number of nitrogens with zero attached hydrogens (tertiary/aromatic N) is 1. The molecular formula is C21H21F2N3O5. The molecule has 8 nitrogen and oxygen atoms in total. The van der Waals surface area contributed by atoms with Gasteiger partial charge in [-0.2, -0.15) is 0 Å². The van der Waals surface area contributed by atoms with Crippen LogP contribution < -0.4 is 11.1 Å². The number of carbonyl (C=O) groups is 2. The third-order valence-electron chi connectivity index (χ3n) is 5.27. The number of benzene rings is 1. The summed E-state index contributed by atoms with van der Waals surface area (Å²) >= 11 is 0. The van der Waals surface area contributed by atoms with Gasteiger partial charge in [0.25, 0.3) is 11.8 Å². The predicted octanol–water partition coefficient (Wildman–Crippen LogP) is 3.27. The van der Waals surface area contributed by atoms with Crippen molar-refractivity contribution in [2.75, 3.05) is 25.6 Å². The molecule has 1 saturated heterocycles. The second kappa shape index (κ2) is 8.48. The van der Waals surface area contributed by atoms with Gasteiger partial charge < -0.3 is 24.6 Å². The second-order valence-corrected chi connectivity index (χ2v) is 7.38. The minimum absolute atomic E-state index is 0.0286. The lowest BCUT2D eigenvalue weighted by Crippen LogP contribution is -2.32. The highest BCUT2D eigenvalue weighted by Crippen LogP contribution is 2.33. The summed E-state index contributed by atoms with van der Waals surface area (Å²) in [5, 5.41) is 2.31. The number of likely N-dealkylation sites (tertiary alicyclic amines) is 1. The van der Waals surface area contributed by atoms with Crippen LogP contribution >= 0.6 is 0 Å².